The van der Waals surface area contributed by atoms with Crippen LogP contribution in [0.4, 0.5) is 10.1 Å². The van der Waals surface area contributed by atoms with Crippen molar-refractivity contribution in [3.8, 4) is 11.5 Å². The van der Waals surface area contributed by atoms with Gasteiger partial charge in [0.2, 0.25) is 11.8 Å². The van der Waals surface area contributed by atoms with Gasteiger partial charge in [-0.3, -0.25) is 13.9 Å². The number of rotatable bonds is 14. The van der Waals surface area contributed by atoms with E-state index in [-0.39, 0.29) is 29.3 Å². The fourth-order valence-electron chi connectivity index (χ4n) is 4.87. The average molecular weight is 668 g/mol. The second-order valence-electron chi connectivity index (χ2n) is 10.3. The molecular weight excluding hydrogens is 633 g/mol. The summed E-state index contributed by atoms with van der Waals surface area (Å²) in [5.74, 6) is -1.02. The Kier molecular flexibility index (Phi) is 11.6. The van der Waals surface area contributed by atoms with Crippen molar-refractivity contribution in [2.24, 2.45) is 0 Å². The number of hydrogen-bond acceptors (Lipinski definition) is 6. The number of sulfonamides is 1. The molecule has 0 fully saturated rings. The molecule has 242 valence electrons. The van der Waals surface area contributed by atoms with E-state index in [1.807, 2.05) is 30.3 Å². The number of nitrogens with one attached hydrogen (secondary N) is 1. The summed E-state index contributed by atoms with van der Waals surface area (Å²) in [7, 11) is -1.57. The first-order valence-electron chi connectivity index (χ1n) is 14.4. The lowest BCUT2D eigenvalue weighted by atomic mass is 10.0. The summed E-state index contributed by atoms with van der Waals surface area (Å²) >= 11 is 6.12. The second kappa shape index (κ2) is 15.6. The third-order valence-corrected chi connectivity index (χ3v) is 9.25. The molecule has 0 spiro atoms. The Balaban J connectivity index is 1.81. The first-order chi connectivity index (χ1) is 22.1. The van der Waals surface area contributed by atoms with Crippen molar-refractivity contribution in [3.63, 3.8) is 0 Å². The van der Waals surface area contributed by atoms with Crippen molar-refractivity contribution in [2.75, 3.05) is 31.6 Å². The molecule has 0 heterocycles. The summed E-state index contributed by atoms with van der Waals surface area (Å²) in [5, 5.41) is 3.17. The highest BCUT2D eigenvalue weighted by Crippen LogP contribution is 2.33. The molecule has 0 aliphatic heterocycles. The summed E-state index contributed by atoms with van der Waals surface area (Å²) in [6.07, 6.45) is 0.156. The minimum atomic E-state index is -4.39. The predicted octanol–water partition coefficient (Wildman–Crippen LogP) is 5.47. The summed E-state index contributed by atoms with van der Waals surface area (Å²) in [5.41, 5.74) is 1.52. The van der Waals surface area contributed by atoms with Crippen LogP contribution in [0.1, 0.15) is 18.1 Å². The molecule has 1 atom stereocenters. The minimum absolute atomic E-state index is 0.0847. The van der Waals surface area contributed by atoms with Crippen molar-refractivity contribution in [3.05, 3.63) is 119 Å². The Hall–Kier alpha value is -4.61. The van der Waals surface area contributed by atoms with Crippen LogP contribution in [0, 0.1) is 5.82 Å². The topological polar surface area (TPSA) is 105 Å². The molecule has 46 heavy (non-hydrogen) atoms. The maximum atomic E-state index is 14.4. The van der Waals surface area contributed by atoms with Crippen LogP contribution in [-0.4, -0.2) is 58.5 Å². The molecule has 0 saturated carbocycles. The number of anilines is 1. The van der Waals surface area contributed by atoms with E-state index in [1.54, 1.807) is 6.92 Å². The molecule has 0 radical (unpaired) electrons. The third-order valence-electron chi connectivity index (χ3n) is 7.22. The van der Waals surface area contributed by atoms with Gasteiger partial charge in [-0.2, -0.15) is 0 Å². The zero-order valence-electron chi connectivity index (χ0n) is 25.7. The van der Waals surface area contributed by atoms with E-state index in [0.717, 1.165) is 9.87 Å². The van der Waals surface area contributed by atoms with Gasteiger partial charge in [-0.1, -0.05) is 54.1 Å². The summed E-state index contributed by atoms with van der Waals surface area (Å²) in [6, 6.07) is 23.9. The quantitative estimate of drug-likeness (QED) is 0.191. The Morgan fingerprint density at radius 3 is 2.13 bits per heavy atom. The molecule has 12 heteroatoms. The standard InChI is InChI=1S/C34H35ClFN3O6S/c1-4-37-34(41)30(20-24-8-6-5-7-9-24)38(22-25-10-14-27(36)15-11-25)33(40)23-39(28-16-12-26(35)13-17-28)46(42,43)29-18-19-31(44-2)32(21-29)45-3/h5-19,21,30H,4,20,22-23H2,1-3H3,(H,37,41)/t30-/m1/s1. The van der Waals surface area contributed by atoms with Crippen LogP contribution < -0.4 is 19.1 Å². The van der Waals surface area contributed by atoms with Crippen molar-refractivity contribution in [2.45, 2.75) is 30.8 Å². The second-order valence-corrected chi connectivity index (χ2v) is 12.6. The van der Waals surface area contributed by atoms with Crippen molar-refractivity contribution in [1.82, 2.24) is 10.2 Å². The van der Waals surface area contributed by atoms with Gasteiger partial charge in [0.1, 0.15) is 18.4 Å². The number of likely N-dealkylation sites (N-methyl/N-ethyl adjacent to an activating group) is 1. The zero-order valence-corrected chi connectivity index (χ0v) is 27.2. The molecule has 9 nitrogen and oxygen atoms in total. The molecule has 0 aliphatic rings. The van der Waals surface area contributed by atoms with Crippen LogP contribution in [0.3, 0.4) is 0 Å². The highest BCUT2D eigenvalue weighted by atomic mass is 35.5. The lowest BCUT2D eigenvalue weighted by Gasteiger charge is -2.34. The average Bonchev–Trinajstić information content (AvgIpc) is 3.06. The number of halogens is 2. The van der Waals surface area contributed by atoms with E-state index in [0.29, 0.717) is 22.9 Å². The van der Waals surface area contributed by atoms with Gasteiger partial charge in [0, 0.05) is 30.6 Å². The van der Waals surface area contributed by atoms with Crippen LogP contribution in [0.15, 0.2) is 102 Å². The molecule has 1 N–H and O–H groups in total. The van der Waals surface area contributed by atoms with Gasteiger partial charge in [-0.15, -0.1) is 0 Å². The fourth-order valence-corrected chi connectivity index (χ4v) is 6.43. The zero-order chi connectivity index (χ0) is 33.3. The largest absolute Gasteiger partial charge is 0.493 e. The number of benzene rings is 4. The molecule has 0 unspecified atom stereocenters. The highest BCUT2D eigenvalue weighted by Gasteiger charge is 2.35. The molecule has 0 aliphatic carbocycles. The molecule has 0 bridgehead atoms. The van der Waals surface area contributed by atoms with Crippen LogP contribution in [0.2, 0.25) is 5.02 Å². The summed E-state index contributed by atoms with van der Waals surface area (Å²) < 4.78 is 53.8. The molecule has 2 amide bonds. The first-order valence-corrected chi connectivity index (χ1v) is 16.2. The van der Waals surface area contributed by atoms with Crippen molar-refractivity contribution >= 4 is 39.1 Å². The van der Waals surface area contributed by atoms with E-state index in [2.05, 4.69) is 5.32 Å². The Morgan fingerprint density at radius 1 is 0.870 bits per heavy atom. The summed E-state index contributed by atoms with van der Waals surface area (Å²) in [4.78, 5) is 29.1. The monoisotopic (exact) mass is 667 g/mol. The van der Waals surface area contributed by atoms with Gasteiger partial charge in [0.15, 0.2) is 11.5 Å². The lowest BCUT2D eigenvalue weighted by Crippen LogP contribution is -2.53. The van der Waals surface area contributed by atoms with Crippen molar-refractivity contribution in [1.29, 1.82) is 0 Å². The smallest absolute Gasteiger partial charge is 0.264 e. The Bertz CT molecular complexity index is 1740. The van der Waals surface area contributed by atoms with Crippen LogP contribution in [-0.2, 0) is 32.6 Å². The number of methoxy groups -OCH3 is 2. The van der Waals surface area contributed by atoms with Gasteiger partial charge in [0.05, 0.1) is 24.8 Å². The minimum Gasteiger partial charge on any atom is -0.493 e. The number of ether oxygens (including phenoxy) is 2. The molecule has 4 rings (SSSR count). The van der Waals surface area contributed by atoms with E-state index < -0.39 is 40.2 Å². The van der Waals surface area contributed by atoms with Crippen LogP contribution in [0.5, 0.6) is 11.5 Å². The molecule has 0 saturated heterocycles. The Labute approximate surface area is 273 Å². The van der Waals surface area contributed by atoms with Gasteiger partial charge < -0.3 is 19.7 Å². The maximum Gasteiger partial charge on any atom is 0.264 e. The summed E-state index contributed by atoms with van der Waals surface area (Å²) in [6.45, 7) is 1.33. The van der Waals surface area contributed by atoms with E-state index in [1.165, 1.54) is 85.8 Å². The van der Waals surface area contributed by atoms with E-state index >= 15 is 0 Å². The molecule has 4 aromatic carbocycles. The molecule has 0 aromatic heterocycles. The van der Waals surface area contributed by atoms with Gasteiger partial charge in [0.25, 0.3) is 10.0 Å². The van der Waals surface area contributed by atoms with Crippen LogP contribution >= 0.6 is 11.6 Å². The number of nitrogens with zero attached hydrogens (tertiary/aromatic N) is 2. The number of hydrogen-bond donors (Lipinski definition) is 1. The SMILES string of the molecule is CCNC(=O)[C@@H](Cc1ccccc1)N(Cc1ccc(F)cc1)C(=O)CN(c1ccc(Cl)cc1)S(=O)(=O)c1ccc(OC)c(OC)c1. The number of amides is 2. The number of carbonyl (C=O) groups is 2. The van der Waals surface area contributed by atoms with Gasteiger partial charge >= 0.3 is 0 Å². The maximum absolute atomic E-state index is 14.4. The molecular formula is C34H35ClFN3O6S. The lowest BCUT2D eigenvalue weighted by molar-refractivity contribution is -0.140. The Morgan fingerprint density at radius 2 is 1.52 bits per heavy atom. The van der Waals surface area contributed by atoms with E-state index in [9.17, 15) is 22.4 Å². The molecule has 4 aromatic rings. The van der Waals surface area contributed by atoms with Crippen LogP contribution in [0.25, 0.3) is 0 Å². The highest BCUT2D eigenvalue weighted by molar-refractivity contribution is 7.92. The number of carbonyl (C=O) groups excluding carboxylic acids is 2. The van der Waals surface area contributed by atoms with Gasteiger partial charge in [-0.05, 0) is 66.6 Å². The fraction of sp³-hybridized carbons (Fsp3) is 0.235. The van der Waals surface area contributed by atoms with Crippen molar-refractivity contribution < 1.29 is 31.9 Å². The van der Waals surface area contributed by atoms with Gasteiger partial charge in [-0.25, -0.2) is 12.8 Å². The third kappa shape index (κ3) is 8.35. The normalized spacial score (nSPS) is 11.8. The first kappa shape index (κ1) is 34.3. The predicted molar refractivity (Wildman–Crippen MR) is 175 cm³/mol. The van der Waals surface area contributed by atoms with E-state index in [4.69, 9.17) is 21.1 Å².